The normalized spacial score (nSPS) is 21.0. The van der Waals surface area contributed by atoms with E-state index in [9.17, 15) is 0 Å². The van der Waals surface area contributed by atoms with Gasteiger partial charge in [0.25, 0.3) is 0 Å². The van der Waals surface area contributed by atoms with Crippen LogP contribution in [-0.2, 0) is 0 Å². The molecule has 0 spiro atoms. The van der Waals surface area contributed by atoms with Crippen molar-refractivity contribution >= 4 is 29.9 Å². The molecule has 1 fully saturated rings. The first-order chi connectivity index (χ1) is 10.6. The van der Waals surface area contributed by atoms with Crippen LogP contribution < -0.4 is 20.1 Å². The third-order valence-corrected chi connectivity index (χ3v) is 3.68. The van der Waals surface area contributed by atoms with Gasteiger partial charge in [-0.15, -0.1) is 24.0 Å². The van der Waals surface area contributed by atoms with Gasteiger partial charge in [-0.1, -0.05) is 6.92 Å². The molecule has 5 nitrogen and oxygen atoms in total. The van der Waals surface area contributed by atoms with Crippen molar-refractivity contribution in [2.45, 2.75) is 39.3 Å². The molecular weight excluding hydrogens is 405 g/mol. The Balaban J connectivity index is 0.00000264. The molecule has 6 heteroatoms. The zero-order valence-corrected chi connectivity index (χ0v) is 16.7. The van der Waals surface area contributed by atoms with Gasteiger partial charge in [-0.25, -0.2) is 4.99 Å². The first kappa shape index (κ1) is 19.9. The Morgan fingerprint density at radius 1 is 1.30 bits per heavy atom. The van der Waals surface area contributed by atoms with Crippen LogP contribution in [0.15, 0.2) is 29.3 Å². The number of nitrogens with zero attached hydrogens (tertiary/aromatic N) is 1. The molecule has 23 heavy (non-hydrogen) atoms. The summed E-state index contributed by atoms with van der Waals surface area (Å²) in [5.41, 5.74) is 0. The van der Waals surface area contributed by atoms with Gasteiger partial charge in [-0.2, -0.15) is 0 Å². The third-order valence-electron chi connectivity index (χ3n) is 3.68. The summed E-state index contributed by atoms with van der Waals surface area (Å²) in [5.74, 6) is 3.28. The number of ether oxygens (including phenoxy) is 2. The number of aliphatic imine (C=N–C) groups is 1. The van der Waals surface area contributed by atoms with Crippen molar-refractivity contribution in [1.29, 1.82) is 0 Å². The van der Waals surface area contributed by atoms with Crippen LogP contribution in [0.2, 0.25) is 0 Å². The molecule has 0 heterocycles. The van der Waals surface area contributed by atoms with Gasteiger partial charge in [0.05, 0.1) is 13.7 Å². The molecule has 0 bridgehead atoms. The van der Waals surface area contributed by atoms with Crippen LogP contribution in [0.5, 0.6) is 11.5 Å². The monoisotopic (exact) mass is 433 g/mol. The molecule has 0 aromatic heterocycles. The number of rotatable bonds is 7. The predicted octanol–water partition coefficient (Wildman–Crippen LogP) is 3.04. The molecule has 1 aliphatic rings. The summed E-state index contributed by atoms with van der Waals surface area (Å²) >= 11 is 0. The lowest BCUT2D eigenvalue weighted by atomic mass is 10.3. The van der Waals surface area contributed by atoms with E-state index in [1.807, 2.05) is 31.2 Å². The van der Waals surface area contributed by atoms with Crippen LogP contribution in [0.3, 0.4) is 0 Å². The maximum Gasteiger partial charge on any atom is 0.191 e. The minimum absolute atomic E-state index is 0. The topological polar surface area (TPSA) is 54.9 Å². The number of guanidine groups is 1. The van der Waals surface area contributed by atoms with E-state index in [0.717, 1.165) is 29.9 Å². The van der Waals surface area contributed by atoms with E-state index in [1.54, 1.807) is 7.11 Å². The van der Waals surface area contributed by atoms with E-state index >= 15 is 0 Å². The third kappa shape index (κ3) is 6.85. The van der Waals surface area contributed by atoms with Crippen molar-refractivity contribution in [2.75, 3.05) is 20.2 Å². The maximum atomic E-state index is 5.87. The fourth-order valence-electron chi connectivity index (χ4n) is 2.16. The quantitative estimate of drug-likeness (QED) is 0.395. The highest BCUT2D eigenvalue weighted by molar-refractivity contribution is 14.0. The zero-order valence-electron chi connectivity index (χ0n) is 14.3. The molecule has 3 unspecified atom stereocenters. The smallest absolute Gasteiger partial charge is 0.191 e. The van der Waals surface area contributed by atoms with Crippen molar-refractivity contribution < 1.29 is 9.47 Å². The Bertz CT molecular complexity index is 493. The summed E-state index contributed by atoms with van der Waals surface area (Å²) in [6.07, 6.45) is 1.24. The van der Waals surface area contributed by atoms with Gasteiger partial charge >= 0.3 is 0 Å². The first-order valence-electron chi connectivity index (χ1n) is 7.98. The standard InChI is InChI=1S/C17H27N3O2.HI/c1-5-18-17(20-16-10-12(16)2)19-11-13(3)22-15-8-6-14(21-4)7-9-15;/h6-9,12-13,16H,5,10-11H2,1-4H3,(H2,18,19,20);1H. The van der Waals surface area contributed by atoms with Gasteiger partial charge in [0.2, 0.25) is 0 Å². The van der Waals surface area contributed by atoms with Crippen molar-refractivity contribution in [2.24, 2.45) is 10.9 Å². The van der Waals surface area contributed by atoms with Gasteiger partial charge in [-0.3, -0.25) is 0 Å². The maximum absolute atomic E-state index is 5.87. The second kappa shape index (κ2) is 9.85. The largest absolute Gasteiger partial charge is 0.497 e. The molecule has 130 valence electrons. The van der Waals surface area contributed by atoms with Gasteiger partial charge in [0, 0.05) is 12.6 Å². The number of hydrogen-bond acceptors (Lipinski definition) is 3. The summed E-state index contributed by atoms with van der Waals surface area (Å²) in [7, 11) is 1.66. The highest BCUT2D eigenvalue weighted by Crippen LogP contribution is 2.28. The Hall–Kier alpha value is -1.18. The predicted molar refractivity (Wildman–Crippen MR) is 105 cm³/mol. The molecule has 2 N–H and O–H groups in total. The molecule has 0 amide bonds. The molecule has 2 rings (SSSR count). The minimum Gasteiger partial charge on any atom is -0.497 e. The van der Waals surface area contributed by atoms with E-state index in [4.69, 9.17) is 9.47 Å². The molecular formula is C17H28IN3O2. The van der Waals surface area contributed by atoms with Crippen molar-refractivity contribution in [3.05, 3.63) is 24.3 Å². The molecule has 0 radical (unpaired) electrons. The molecule has 3 atom stereocenters. The van der Waals surface area contributed by atoms with E-state index in [2.05, 4.69) is 29.5 Å². The molecule has 1 saturated carbocycles. The summed E-state index contributed by atoms with van der Waals surface area (Å²) in [6, 6.07) is 8.18. The van der Waals surface area contributed by atoms with E-state index in [1.165, 1.54) is 6.42 Å². The molecule has 0 saturated heterocycles. The second-order valence-electron chi connectivity index (χ2n) is 5.79. The second-order valence-corrected chi connectivity index (χ2v) is 5.79. The van der Waals surface area contributed by atoms with Crippen LogP contribution in [0.4, 0.5) is 0 Å². The van der Waals surface area contributed by atoms with Gasteiger partial charge < -0.3 is 20.1 Å². The SMILES string of the molecule is CCNC(=NCC(C)Oc1ccc(OC)cc1)NC1CC1C.I. The first-order valence-corrected chi connectivity index (χ1v) is 7.98. The van der Waals surface area contributed by atoms with Crippen LogP contribution in [0.25, 0.3) is 0 Å². The Morgan fingerprint density at radius 3 is 2.43 bits per heavy atom. The van der Waals surface area contributed by atoms with Crippen molar-refractivity contribution in [3.8, 4) is 11.5 Å². The number of nitrogens with one attached hydrogen (secondary N) is 2. The summed E-state index contributed by atoms with van der Waals surface area (Å²) in [5, 5.41) is 6.72. The number of halogens is 1. The molecule has 1 aromatic rings. The average Bonchev–Trinajstić information content (AvgIpc) is 3.21. The summed E-state index contributed by atoms with van der Waals surface area (Å²) in [4.78, 5) is 4.60. The Morgan fingerprint density at radius 2 is 1.91 bits per heavy atom. The summed E-state index contributed by atoms with van der Waals surface area (Å²) < 4.78 is 11.0. The number of methoxy groups -OCH3 is 1. The Labute approximate surface area is 156 Å². The van der Waals surface area contributed by atoms with Crippen LogP contribution >= 0.6 is 24.0 Å². The zero-order chi connectivity index (χ0) is 15.9. The highest BCUT2D eigenvalue weighted by Gasteiger charge is 2.33. The minimum atomic E-state index is 0. The number of hydrogen-bond donors (Lipinski definition) is 2. The van der Waals surface area contributed by atoms with E-state index in [0.29, 0.717) is 12.6 Å². The molecule has 0 aliphatic heterocycles. The summed E-state index contributed by atoms with van der Waals surface area (Å²) in [6.45, 7) is 7.82. The lowest BCUT2D eigenvalue weighted by Crippen LogP contribution is -2.39. The van der Waals surface area contributed by atoms with Crippen molar-refractivity contribution in [3.63, 3.8) is 0 Å². The fraction of sp³-hybridized carbons (Fsp3) is 0.588. The lowest BCUT2D eigenvalue weighted by Gasteiger charge is -2.15. The average molecular weight is 433 g/mol. The lowest BCUT2D eigenvalue weighted by molar-refractivity contribution is 0.230. The molecule has 1 aliphatic carbocycles. The van der Waals surface area contributed by atoms with Crippen LogP contribution in [-0.4, -0.2) is 38.3 Å². The Kier molecular flexibility index (Phi) is 8.51. The van der Waals surface area contributed by atoms with Gasteiger partial charge in [0.1, 0.15) is 17.6 Å². The van der Waals surface area contributed by atoms with Crippen LogP contribution in [0, 0.1) is 5.92 Å². The van der Waals surface area contributed by atoms with Crippen LogP contribution in [0.1, 0.15) is 27.2 Å². The van der Waals surface area contributed by atoms with Gasteiger partial charge in [-0.05, 0) is 50.5 Å². The number of benzene rings is 1. The highest BCUT2D eigenvalue weighted by atomic mass is 127. The fourth-order valence-corrected chi connectivity index (χ4v) is 2.16. The van der Waals surface area contributed by atoms with Crippen molar-refractivity contribution in [1.82, 2.24) is 10.6 Å². The van der Waals surface area contributed by atoms with Gasteiger partial charge in [0.15, 0.2) is 5.96 Å². The van der Waals surface area contributed by atoms with E-state index < -0.39 is 0 Å². The molecule has 1 aromatic carbocycles. The van der Waals surface area contributed by atoms with E-state index in [-0.39, 0.29) is 30.1 Å².